The van der Waals surface area contributed by atoms with Crippen LogP contribution in [0, 0.1) is 0 Å². The molecule has 1 aromatic rings. The molecule has 0 spiro atoms. The summed E-state index contributed by atoms with van der Waals surface area (Å²) >= 11 is 6.18. The van der Waals surface area contributed by atoms with Crippen molar-refractivity contribution in [2.45, 2.75) is 25.4 Å². The number of halogens is 1. The highest BCUT2D eigenvalue weighted by Crippen LogP contribution is 2.23. The van der Waals surface area contributed by atoms with Crippen LogP contribution in [0.15, 0.2) is 24.3 Å². The highest BCUT2D eigenvalue weighted by molar-refractivity contribution is 6.31. The van der Waals surface area contributed by atoms with Crippen molar-refractivity contribution in [1.82, 2.24) is 10.2 Å². The number of likely N-dealkylation sites (N-methyl/N-ethyl adjacent to an activating group) is 1. The minimum absolute atomic E-state index is 0.324. The predicted molar refractivity (Wildman–Crippen MR) is 68.9 cm³/mol. The largest absolute Gasteiger partial charge is 0.306 e. The quantitative estimate of drug-likeness (QED) is 0.871. The fraction of sp³-hybridized carbons (Fsp3) is 0.538. The standard InChI is InChI=1S/C13H19ClN2/c1-10(12-5-3-4-6-13(12)14)15-11-7-8-16(2)9-11/h3-6,10-11,15H,7-9H2,1-2H3/t10-,11?/m0/s1. The Morgan fingerprint density at radius 1 is 1.44 bits per heavy atom. The topological polar surface area (TPSA) is 15.3 Å². The number of hydrogen-bond acceptors (Lipinski definition) is 2. The van der Waals surface area contributed by atoms with Gasteiger partial charge in [-0.3, -0.25) is 0 Å². The molecule has 2 rings (SSSR count). The maximum Gasteiger partial charge on any atom is 0.0453 e. The molecular formula is C13H19ClN2. The molecule has 1 fully saturated rings. The monoisotopic (exact) mass is 238 g/mol. The van der Waals surface area contributed by atoms with Gasteiger partial charge in [-0.2, -0.15) is 0 Å². The van der Waals surface area contributed by atoms with Crippen LogP contribution in [0.25, 0.3) is 0 Å². The third-order valence-corrected chi connectivity index (χ3v) is 3.59. The summed E-state index contributed by atoms with van der Waals surface area (Å²) in [6.45, 7) is 4.50. The second-order valence-electron chi connectivity index (χ2n) is 4.66. The van der Waals surface area contributed by atoms with Gasteiger partial charge in [-0.1, -0.05) is 29.8 Å². The van der Waals surface area contributed by atoms with E-state index in [2.05, 4.69) is 30.3 Å². The van der Waals surface area contributed by atoms with E-state index in [0.717, 1.165) is 11.6 Å². The molecule has 3 heteroatoms. The average Bonchev–Trinajstić information content (AvgIpc) is 2.64. The van der Waals surface area contributed by atoms with E-state index in [1.807, 2.05) is 18.2 Å². The average molecular weight is 239 g/mol. The van der Waals surface area contributed by atoms with Crippen LogP contribution in [0.3, 0.4) is 0 Å². The number of benzene rings is 1. The lowest BCUT2D eigenvalue weighted by Crippen LogP contribution is -2.33. The third kappa shape index (κ3) is 2.76. The molecule has 0 radical (unpaired) electrons. The fourth-order valence-corrected chi connectivity index (χ4v) is 2.64. The van der Waals surface area contributed by atoms with Crippen LogP contribution in [0.2, 0.25) is 5.02 Å². The van der Waals surface area contributed by atoms with Gasteiger partial charge in [-0.05, 0) is 38.6 Å². The van der Waals surface area contributed by atoms with Gasteiger partial charge in [0.25, 0.3) is 0 Å². The first-order valence-corrected chi connectivity index (χ1v) is 6.23. The van der Waals surface area contributed by atoms with Gasteiger partial charge in [0.1, 0.15) is 0 Å². The lowest BCUT2D eigenvalue weighted by Gasteiger charge is -2.20. The molecule has 1 saturated heterocycles. The van der Waals surface area contributed by atoms with Crippen LogP contribution in [-0.2, 0) is 0 Å². The maximum absolute atomic E-state index is 6.18. The molecule has 1 aliphatic rings. The number of likely N-dealkylation sites (tertiary alicyclic amines) is 1. The summed E-state index contributed by atoms with van der Waals surface area (Å²) in [5.41, 5.74) is 1.19. The Labute approximate surface area is 103 Å². The van der Waals surface area contributed by atoms with Crippen LogP contribution >= 0.6 is 11.6 Å². The molecule has 0 bridgehead atoms. The molecular weight excluding hydrogens is 220 g/mol. The molecule has 2 nitrogen and oxygen atoms in total. The van der Waals surface area contributed by atoms with E-state index in [1.54, 1.807) is 0 Å². The smallest absolute Gasteiger partial charge is 0.0453 e. The van der Waals surface area contributed by atoms with Crippen molar-refractivity contribution in [2.75, 3.05) is 20.1 Å². The molecule has 1 N–H and O–H groups in total. The summed E-state index contributed by atoms with van der Waals surface area (Å²) in [6.07, 6.45) is 1.23. The highest BCUT2D eigenvalue weighted by Gasteiger charge is 2.21. The van der Waals surface area contributed by atoms with Gasteiger partial charge in [-0.15, -0.1) is 0 Å². The SMILES string of the molecule is C[C@H](NC1CCN(C)C1)c1ccccc1Cl. The van der Waals surface area contributed by atoms with Crippen molar-refractivity contribution in [3.8, 4) is 0 Å². The fourth-order valence-electron chi connectivity index (χ4n) is 2.34. The van der Waals surface area contributed by atoms with Gasteiger partial charge >= 0.3 is 0 Å². The molecule has 88 valence electrons. The Balaban J connectivity index is 1.98. The van der Waals surface area contributed by atoms with Crippen molar-refractivity contribution >= 4 is 11.6 Å². The molecule has 16 heavy (non-hydrogen) atoms. The molecule has 1 unspecified atom stereocenters. The molecule has 2 atom stereocenters. The van der Waals surface area contributed by atoms with Gasteiger partial charge in [-0.25, -0.2) is 0 Å². The van der Waals surface area contributed by atoms with E-state index in [4.69, 9.17) is 11.6 Å². The minimum Gasteiger partial charge on any atom is -0.306 e. The summed E-state index contributed by atoms with van der Waals surface area (Å²) in [6, 6.07) is 8.98. The first-order valence-electron chi connectivity index (χ1n) is 5.86. The van der Waals surface area contributed by atoms with Crippen LogP contribution in [0.5, 0.6) is 0 Å². The molecule has 0 aromatic heterocycles. The molecule has 1 heterocycles. The van der Waals surface area contributed by atoms with E-state index in [9.17, 15) is 0 Å². The zero-order valence-corrected chi connectivity index (χ0v) is 10.7. The normalized spacial score (nSPS) is 23.6. The minimum atomic E-state index is 0.324. The van der Waals surface area contributed by atoms with E-state index >= 15 is 0 Å². The number of nitrogens with zero attached hydrogens (tertiary/aromatic N) is 1. The van der Waals surface area contributed by atoms with Crippen LogP contribution in [0.1, 0.15) is 24.9 Å². The number of rotatable bonds is 3. The van der Waals surface area contributed by atoms with E-state index in [0.29, 0.717) is 12.1 Å². The summed E-state index contributed by atoms with van der Waals surface area (Å²) in [4.78, 5) is 2.36. The van der Waals surface area contributed by atoms with Crippen molar-refractivity contribution in [3.05, 3.63) is 34.9 Å². The predicted octanol–water partition coefficient (Wildman–Crippen LogP) is 2.69. The van der Waals surface area contributed by atoms with Gasteiger partial charge in [0.2, 0.25) is 0 Å². The second-order valence-corrected chi connectivity index (χ2v) is 5.06. The molecule has 0 aliphatic carbocycles. The Morgan fingerprint density at radius 3 is 2.81 bits per heavy atom. The Hall–Kier alpha value is -0.570. The van der Waals surface area contributed by atoms with Gasteiger partial charge < -0.3 is 10.2 Å². The van der Waals surface area contributed by atoms with Crippen molar-refractivity contribution in [1.29, 1.82) is 0 Å². The molecule has 0 saturated carbocycles. The highest BCUT2D eigenvalue weighted by atomic mass is 35.5. The van der Waals surface area contributed by atoms with Gasteiger partial charge in [0.05, 0.1) is 0 Å². The van der Waals surface area contributed by atoms with E-state index in [1.165, 1.54) is 18.5 Å². The Bertz CT molecular complexity index is 354. The Kier molecular flexibility index (Phi) is 3.85. The summed E-state index contributed by atoms with van der Waals surface area (Å²) in [5, 5.41) is 4.50. The lowest BCUT2D eigenvalue weighted by molar-refractivity contribution is 0.387. The van der Waals surface area contributed by atoms with Gasteiger partial charge in [0, 0.05) is 23.7 Å². The number of hydrogen-bond donors (Lipinski definition) is 1. The van der Waals surface area contributed by atoms with Crippen LogP contribution in [-0.4, -0.2) is 31.1 Å². The first kappa shape index (κ1) is 11.9. The summed E-state index contributed by atoms with van der Waals surface area (Å²) in [7, 11) is 2.17. The van der Waals surface area contributed by atoms with Crippen molar-refractivity contribution in [2.24, 2.45) is 0 Å². The first-order chi connectivity index (χ1) is 7.66. The third-order valence-electron chi connectivity index (χ3n) is 3.25. The van der Waals surface area contributed by atoms with Crippen LogP contribution in [0.4, 0.5) is 0 Å². The zero-order valence-electron chi connectivity index (χ0n) is 9.91. The van der Waals surface area contributed by atoms with Gasteiger partial charge in [0.15, 0.2) is 0 Å². The van der Waals surface area contributed by atoms with Crippen molar-refractivity contribution in [3.63, 3.8) is 0 Å². The summed E-state index contributed by atoms with van der Waals surface area (Å²) < 4.78 is 0. The van der Waals surface area contributed by atoms with Crippen LogP contribution < -0.4 is 5.32 Å². The zero-order chi connectivity index (χ0) is 11.5. The lowest BCUT2D eigenvalue weighted by atomic mass is 10.1. The van der Waals surface area contributed by atoms with Crippen molar-refractivity contribution < 1.29 is 0 Å². The summed E-state index contributed by atoms with van der Waals surface area (Å²) in [5.74, 6) is 0. The molecule has 0 amide bonds. The molecule has 1 aliphatic heterocycles. The molecule has 1 aromatic carbocycles. The van der Waals surface area contributed by atoms with E-state index in [-0.39, 0.29) is 0 Å². The maximum atomic E-state index is 6.18. The van der Waals surface area contributed by atoms with E-state index < -0.39 is 0 Å². The number of nitrogens with one attached hydrogen (secondary N) is 1. The Morgan fingerprint density at radius 2 is 2.19 bits per heavy atom. The second kappa shape index (κ2) is 5.17.